The van der Waals surface area contributed by atoms with Gasteiger partial charge in [0.15, 0.2) is 5.82 Å². The summed E-state index contributed by atoms with van der Waals surface area (Å²) in [4.78, 5) is 8.83. The zero-order valence-electron chi connectivity index (χ0n) is 15.4. The number of sulfonamides is 1. The molecule has 2 heterocycles. The number of benzene rings is 2. The van der Waals surface area contributed by atoms with Crippen LogP contribution >= 0.6 is 0 Å². The molecule has 0 bridgehead atoms. The van der Waals surface area contributed by atoms with E-state index in [-0.39, 0.29) is 5.82 Å². The first kappa shape index (κ1) is 18.0. The molecule has 28 heavy (non-hydrogen) atoms. The van der Waals surface area contributed by atoms with Gasteiger partial charge in [0.05, 0.1) is 24.7 Å². The summed E-state index contributed by atoms with van der Waals surface area (Å²) in [5, 5.41) is 0. The first-order valence-corrected chi connectivity index (χ1v) is 10.4. The Kier molecular flexibility index (Phi) is 4.48. The molecule has 2 aromatic heterocycles. The van der Waals surface area contributed by atoms with Gasteiger partial charge in [-0.2, -0.15) is 4.98 Å². The van der Waals surface area contributed by atoms with E-state index in [4.69, 9.17) is 4.74 Å². The Morgan fingerprint density at radius 2 is 1.71 bits per heavy atom. The summed E-state index contributed by atoms with van der Waals surface area (Å²) in [7, 11) is -2.06. The van der Waals surface area contributed by atoms with Crippen molar-refractivity contribution in [1.29, 1.82) is 0 Å². The summed E-state index contributed by atoms with van der Waals surface area (Å²) in [5.74, 6) is 1.41. The lowest BCUT2D eigenvalue weighted by molar-refractivity contribution is 0.415. The Labute approximate surface area is 162 Å². The quantitative estimate of drug-likeness (QED) is 0.518. The molecule has 8 heteroatoms. The molecule has 0 unspecified atom stereocenters. The van der Waals surface area contributed by atoms with Crippen LogP contribution in [0.5, 0.6) is 5.75 Å². The lowest BCUT2D eigenvalue weighted by atomic mass is 10.1. The molecule has 0 amide bonds. The second-order valence-electron chi connectivity index (χ2n) is 6.17. The number of para-hydroxylation sites is 1. The van der Waals surface area contributed by atoms with E-state index in [2.05, 4.69) is 9.97 Å². The van der Waals surface area contributed by atoms with Gasteiger partial charge < -0.3 is 4.74 Å². The van der Waals surface area contributed by atoms with Crippen LogP contribution in [0.15, 0.2) is 73.1 Å². The number of methoxy groups -OCH3 is 1. The van der Waals surface area contributed by atoms with Gasteiger partial charge in [-0.05, 0) is 42.5 Å². The largest absolute Gasteiger partial charge is 0.497 e. The number of imidazole rings is 1. The zero-order chi connectivity index (χ0) is 19.7. The molecule has 4 aromatic rings. The molecule has 0 saturated heterocycles. The Bertz CT molecular complexity index is 1220. The summed E-state index contributed by atoms with van der Waals surface area (Å²) < 4.78 is 33.7. The van der Waals surface area contributed by atoms with Crippen LogP contribution in [0.3, 0.4) is 0 Å². The lowest BCUT2D eigenvalue weighted by Crippen LogP contribution is -2.25. The molecule has 0 spiro atoms. The molecule has 0 radical (unpaired) electrons. The summed E-state index contributed by atoms with van der Waals surface area (Å²) in [6, 6.07) is 18.0. The van der Waals surface area contributed by atoms with Gasteiger partial charge in [0.2, 0.25) is 15.8 Å². The highest BCUT2D eigenvalue weighted by molar-refractivity contribution is 7.92. The predicted molar refractivity (Wildman–Crippen MR) is 108 cm³/mol. The number of rotatable bonds is 5. The molecule has 142 valence electrons. The number of hydrogen-bond acceptors (Lipinski definition) is 5. The minimum absolute atomic E-state index is 0.289. The van der Waals surface area contributed by atoms with Crippen LogP contribution in [0, 0.1) is 0 Å². The van der Waals surface area contributed by atoms with Gasteiger partial charge in [0.1, 0.15) is 5.75 Å². The molecule has 0 aliphatic heterocycles. The van der Waals surface area contributed by atoms with Crippen molar-refractivity contribution in [3.05, 3.63) is 73.1 Å². The van der Waals surface area contributed by atoms with Crippen molar-refractivity contribution in [3.8, 4) is 17.0 Å². The highest BCUT2D eigenvalue weighted by Crippen LogP contribution is 2.37. The van der Waals surface area contributed by atoms with Gasteiger partial charge in [0.25, 0.3) is 0 Å². The third-order valence-corrected chi connectivity index (χ3v) is 5.31. The van der Waals surface area contributed by atoms with Crippen LogP contribution in [0.25, 0.3) is 17.0 Å². The van der Waals surface area contributed by atoms with E-state index in [1.54, 1.807) is 48.0 Å². The number of nitrogens with zero attached hydrogens (tertiary/aromatic N) is 4. The molecule has 0 aliphatic rings. The van der Waals surface area contributed by atoms with E-state index in [1.807, 2.05) is 36.5 Å². The number of aromatic nitrogens is 3. The van der Waals surface area contributed by atoms with Crippen molar-refractivity contribution >= 4 is 27.3 Å². The van der Waals surface area contributed by atoms with Crippen molar-refractivity contribution in [2.45, 2.75) is 0 Å². The summed E-state index contributed by atoms with van der Waals surface area (Å²) in [6.07, 6.45) is 4.59. The summed E-state index contributed by atoms with van der Waals surface area (Å²) >= 11 is 0. The maximum atomic E-state index is 12.7. The van der Waals surface area contributed by atoms with Crippen LogP contribution in [0.1, 0.15) is 0 Å². The minimum atomic E-state index is -3.66. The minimum Gasteiger partial charge on any atom is -0.497 e. The molecule has 0 aliphatic carbocycles. The second-order valence-corrected chi connectivity index (χ2v) is 8.00. The zero-order valence-corrected chi connectivity index (χ0v) is 16.2. The fourth-order valence-electron chi connectivity index (χ4n) is 3.07. The SMILES string of the molecule is COc1ccc(-c2c(N(c3ccccc3)S(C)(=O)=O)nc3ncccn23)cc1. The van der Waals surface area contributed by atoms with Crippen molar-refractivity contribution < 1.29 is 13.2 Å². The third-order valence-electron chi connectivity index (χ3n) is 4.26. The van der Waals surface area contributed by atoms with Crippen LogP contribution in [0.2, 0.25) is 0 Å². The van der Waals surface area contributed by atoms with Gasteiger partial charge in [-0.15, -0.1) is 0 Å². The van der Waals surface area contributed by atoms with Gasteiger partial charge in [-0.3, -0.25) is 4.40 Å². The maximum Gasteiger partial charge on any atom is 0.237 e. The van der Waals surface area contributed by atoms with Crippen LogP contribution in [-0.4, -0.2) is 36.2 Å². The number of ether oxygens (including phenoxy) is 1. The van der Waals surface area contributed by atoms with E-state index in [0.29, 0.717) is 22.9 Å². The first-order chi connectivity index (χ1) is 13.5. The Hall–Kier alpha value is -3.39. The van der Waals surface area contributed by atoms with E-state index < -0.39 is 10.0 Å². The van der Waals surface area contributed by atoms with Crippen molar-refractivity contribution in [2.24, 2.45) is 0 Å². The molecule has 0 saturated carbocycles. The third kappa shape index (κ3) is 3.18. The van der Waals surface area contributed by atoms with Crippen molar-refractivity contribution in [3.63, 3.8) is 0 Å². The molecule has 7 nitrogen and oxygen atoms in total. The van der Waals surface area contributed by atoms with Crippen LogP contribution < -0.4 is 9.04 Å². The Morgan fingerprint density at radius 1 is 1.00 bits per heavy atom. The molecule has 0 N–H and O–H groups in total. The number of fused-ring (bicyclic) bond motifs is 1. The van der Waals surface area contributed by atoms with Crippen LogP contribution in [-0.2, 0) is 10.0 Å². The summed E-state index contributed by atoms with van der Waals surface area (Å²) in [6.45, 7) is 0. The normalized spacial score (nSPS) is 11.5. The van der Waals surface area contributed by atoms with Crippen molar-refractivity contribution in [1.82, 2.24) is 14.4 Å². The molecular weight excluding hydrogens is 376 g/mol. The van der Waals surface area contributed by atoms with Crippen molar-refractivity contribution in [2.75, 3.05) is 17.7 Å². The monoisotopic (exact) mass is 394 g/mol. The molecule has 0 fully saturated rings. The topological polar surface area (TPSA) is 76.8 Å². The molecule has 4 rings (SSSR count). The van der Waals surface area contributed by atoms with E-state index >= 15 is 0 Å². The Morgan fingerprint density at radius 3 is 2.36 bits per heavy atom. The van der Waals surface area contributed by atoms with Gasteiger partial charge in [0, 0.05) is 18.0 Å². The second kappa shape index (κ2) is 6.97. The molecule has 0 atom stereocenters. The standard InChI is InChI=1S/C20H18N4O3S/c1-27-17-11-9-15(10-12-17)18-19(22-20-21-13-6-14-23(18)20)24(28(2,25)26)16-7-4-3-5-8-16/h3-14H,1-2H3. The average Bonchev–Trinajstić information content (AvgIpc) is 3.06. The molecular formula is C20H18N4O3S. The molecule has 2 aromatic carbocycles. The Balaban J connectivity index is 2.02. The van der Waals surface area contributed by atoms with E-state index in [1.165, 1.54) is 4.31 Å². The highest BCUT2D eigenvalue weighted by Gasteiger charge is 2.28. The van der Waals surface area contributed by atoms with Gasteiger partial charge in [-0.1, -0.05) is 18.2 Å². The van der Waals surface area contributed by atoms with Crippen LogP contribution in [0.4, 0.5) is 11.5 Å². The summed E-state index contributed by atoms with van der Waals surface area (Å²) in [5.41, 5.74) is 1.92. The maximum absolute atomic E-state index is 12.7. The first-order valence-electron chi connectivity index (χ1n) is 8.52. The number of anilines is 2. The predicted octanol–water partition coefficient (Wildman–Crippen LogP) is 3.50. The van der Waals surface area contributed by atoms with Gasteiger partial charge >= 0.3 is 0 Å². The lowest BCUT2D eigenvalue weighted by Gasteiger charge is -2.21. The van der Waals surface area contributed by atoms with E-state index in [0.717, 1.165) is 11.8 Å². The number of hydrogen-bond donors (Lipinski definition) is 0. The highest BCUT2D eigenvalue weighted by atomic mass is 32.2. The van der Waals surface area contributed by atoms with Gasteiger partial charge in [-0.25, -0.2) is 17.7 Å². The van der Waals surface area contributed by atoms with E-state index in [9.17, 15) is 8.42 Å². The average molecular weight is 394 g/mol. The smallest absolute Gasteiger partial charge is 0.237 e. The fraction of sp³-hybridized carbons (Fsp3) is 0.100. The fourth-order valence-corrected chi connectivity index (χ4v) is 4.01.